The van der Waals surface area contributed by atoms with Crippen LogP contribution in [0.1, 0.15) is 48.8 Å². The average Bonchev–Trinajstić information content (AvgIpc) is 3.02. The monoisotopic (exact) mass is 544 g/mol. The molecule has 0 aliphatic rings. The first-order chi connectivity index (χ1) is 16.8. The van der Waals surface area contributed by atoms with E-state index in [1.165, 1.54) is 11.2 Å². The summed E-state index contributed by atoms with van der Waals surface area (Å²) in [7, 11) is 0.543. The minimum atomic E-state index is -4.76. The lowest BCUT2D eigenvalue weighted by atomic mass is 10.0. The van der Waals surface area contributed by atoms with Gasteiger partial charge in [-0.3, -0.25) is 10.00 Å². The molecule has 0 spiro atoms. The van der Waals surface area contributed by atoms with Crippen LogP contribution in [0.15, 0.2) is 40.9 Å². The van der Waals surface area contributed by atoms with Gasteiger partial charge in [0.05, 0.1) is 15.9 Å². The van der Waals surface area contributed by atoms with Crippen LogP contribution in [0.4, 0.5) is 22.4 Å². The number of alkyl carbamates (subject to hydrolysis) is 1. The Bertz CT molecular complexity index is 1330. The van der Waals surface area contributed by atoms with E-state index >= 15 is 0 Å². The van der Waals surface area contributed by atoms with Crippen LogP contribution in [0, 0.1) is 13.8 Å². The second-order valence-corrected chi connectivity index (χ2v) is 12.1. The van der Waals surface area contributed by atoms with E-state index in [1.54, 1.807) is 60.0 Å². The number of hydrogen-bond donors (Lipinski definition) is 1. The molecule has 2 rings (SSSR count). The van der Waals surface area contributed by atoms with Crippen molar-refractivity contribution in [3.63, 3.8) is 0 Å². The molecule has 1 aromatic carbocycles. The summed E-state index contributed by atoms with van der Waals surface area (Å²) in [6.07, 6.45) is -4.83. The predicted molar refractivity (Wildman–Crippen MR) is 135 cm³/mol. The number of amides is 1. The fraction of sp³-hybridized carbons (Fsp3) is 0.440. The Kier molecular flexibility index (Phi) is 9.06. The summed E-state index contributed by atoms with van der Waals surface area (Å²) in [6.45, 7) is 7.48. The zero-order valence-corrected chi connectivity index (χ0v) is 22.7. The van der Waals surface area contributed by atoms with Gasteiger partial charge in [-0.1, -0.05) is 17.9 Å². The summed E-state index contributed by atoms with van der Waals surface area (Å²) >= 11 is 0. The molecule has 1 N–H and O–H groups in total. The van der Waals surface area contributed by atoms with Gasteiger partial charge in [-0.25, -0.2) is 17.7 Å². The Labute approximate surface area is 214 Å². The van der Waals surface area contributed by atoms with Crippen molar-refractivity contribution in [1.29, 1.82) is 0 Å². The molecule has 1 heterocycles. The van der Waals surface area contributed by atoms with Gasteiger partial charge in [0.15, 0.2) is 11.5 Å². The molecule has 0 saturated heterocycles. The Balaban J connectivity index is 2.35. The SMILES string of the molecule is C=S(=O)(c1ccc(Cc2c(C(F)(F)F)nn(CC(F)=C=CNC(=O)OC(C)(C)C)c2C)cc1C)N(C)C. The average molecular weight is 545 g/mol. The van der Waals surface area contributed by atoms with Crippen molar-refractivity contribution in [3.05, 3.63) is 64.0 Å². The Morgan fingerprint density at radius 2 is 1.89 bits per heavy atom. The molecule has 37 heavy (non-hydrogen) atoms. The predicted octanol–water partition coefficient (Wildman–Crippen LogP) is 5.15. The van der Waals surface area contributed by atoms with Gasteiger partial charge in [-0.05, 0) is 71.8 Å². The van der Waals surface area contributed by atoms with Gasteiger partial charge in [0.25, 0.3) is 0 Å². The highest BCUT2D eigenvalue weighted by molar-refractivity contribution is 7.98. The van der Waals surface area contributed by atoms with E-state index in [2.05, 4.69) is 22.0 Å². The molecule has 1 unspecified atom stereocenters. The number of allylic oxidation sites excluding steroid dienone is 1. The third kappa shape index (κ3) is 7.95. The second-order valence-electron chi connectivity index (χ2n) is 9.64. The number of rotatable bonds is 7. The van der Waals surface area contributed by atoms with Crippen molar-refractivity contribution < 1.29 is 31.3 Å². The van der Waals surface area contributed by atoms with E-state index in [9.17, 15) is 26.6 Å². The standard InChI is InChI=1S/C25H32F4N4O3S/c1-16-13-18(9-10-21(16)37(8,35)32(6)7)14-20-17(2)33(31-22(20)25(27,28)29)15-19(26)11-12-30-23(34)36-24(3,4)5/h9-10,12-13H,8,14-15H2,1-7H3,(H,30,34). The Hall–Kier alpha value is -3.08. The zero-order chi connectivity index (χ0) is 28.3. The molecular weight excluding hydrogens is 512 g/mol. The van der Waals surface area contributed by atoms with Crippen LogP contribution in [0.3, 0.4) is 0 Å². The van der Waals surface area contributed by atoms with Crippen LogP contribution >= 0.6 is 0 Å². The maximum absolute atomic E-state index is 14.4. The fourth-order valence-corrected chi connectivity index (χ4v) is 4.65. The first-order valence-corrected chi connectivity index (χ1v) is 12.9. The number of hydrogen-bond acceptors (Lipinski definition) is 4. The normalized spacial score (nSPS) is 13.6. The summed E-state index contributed by atoms with van der Waals surface area (Å²) in [6, 6.07) is 4.85. The molecule has 0 radical (unpaired) electrons. The van der Waals surface area contributed by atoms with Gasteiger partial charge in [0, 0.05) is 22.6 Å². The van der Waals surface area contributed by atoms with E-state index in [0.717, 1.165) is 10.9 Å². The van der Waals surface area contributed by atoms with Gasteiger partial charge >= 0.3 is 12.3 Å². The lowest BCUT2D eigenvalue weighted by Crippen LogP contribution is -2.29. The molecule has 7 nitrogen and oxygen atoms in total. The van der Waals surface area contributed by atoms with Gasteiger partial charge in [0.2, 0.25) is 0 Å². The molecule has 1 aromatic heterocycles. The third-order valence-electron chi connectivity index (χ3n) is 5.26. The first-order valence-electron chi connectivity index (χ1n) is 11.2. The molecule has 204 valence electrons. The molecule has 2 aromatic rings. The maximum atomic E-state index is 14.4. The van der Waals surface area contributed by atoms with Crippen molar-refractivity contribution in [2.75, 3.05) is 14.1 Å². The van der Waals surface area contributed by atoms with Crippen LogP contribution in [-0.4, -0.2) is 50.0 Å². The highest BCUT2D eigenvalue weighted by Gasteiger charge is 2.38. The fourth-order valence-electron chi connectivity index (χ4n) is 3.41. The molecule has 0 saturated carbocycles. The summed E-state index contributed by atoms with van der Waals surface area (Å²) in [5, 5.41) is 5.79. The van der Waals surface area contributed by atoms with Gasteiger partial charge < -0.3 is 4.74 Å². The van der Waals surface area contributed by atoms with Crippen molar-refractivity contribution in [2.24, 2.45) is 0 Å². The lowest BCUT2D eigenvalue weighted by Gasteiger charge is -2.19. The van der Waals surface area contributed by atoms with Crippen molar-refractivity contribution in [1.82, 2.24) is 19.4 Å². The highest BCUT2D eigenvalue weighted by atomic mass is 32.2. The topological polar surface area (TPSA) is 76.5 Å². The molecular formula is C25H32F4N4O3S. The number of halogens is 4. The van der Waals surface area contributed by atoms with Crippen LogP contribution in [0.25, 0.3) is 0 Å². The molecule has 1 amide bonds. The number of carbonyl (C=O) groups excluding carboxylic acids is 1. The Morgan fingerprint density at radius 1 is 1.27 bits per heavy atom. The Morgan fingerprint density at radius 3 is 2.41 bits per heavy atom. The van der Waals surface area contributed by atoms with E-state index in [1.807, 2.05) is 0 Å². The lowest BCUT2D eigenvalue weighted by molar-refractivity contribution is -0.142. The zero-order valence-electron chi connectivity index (χ0n) is 21.9. The third-order valence-corrected chi connectivity index (χ3v) is 7.58. The highest BCUT2D eigenvalue weighted by Crippen LogP contribution is 2.34. The van der Waals surface area contributed by atoms with E-state index in [4.69, 9.17) is 4.74 Å². The van der Waals surface area contributed by atoms with Crippen molar-refractivity contribution >= 4 is 21.7 Å². The molecule has 0 bridgehead atoms. The summed E-state index contributed by atoms with van der Waals surface area (Å²) in [5.41, 5.74) is 1.48. The molecule has 12 heteroatoms. The van der Waals surface area contributed by atoms with Crippen LogP contribution in [-0.2, 0) is 33.6 Å². The van der Waals surface area contributed by atoms with Crippen LogP contribution in [0.2, 0.25) is 0 Å². The first kappa shape index (κ1) is 30.1. The van der Waals surface area contributed by atoms with Gasteiger partial charge in [0.1, 0.15) is 12.1 Å². The van der Waals surface area contributed by atoms with Gasteiger partial charge in [-0.15, -0.1) is 0 Å². The molecule has 0 aliphatic heterocycles. The molecule has 1 atom stereocenters. The smallest absolute Gasteiger partial charge is 0.435 e. The number of alkyl halides is 3. The molecule has 0 aliphatic carbocycles. The van der Waals surface area contributed by atoms with Crippen molar-refractivity contribution in [3.8, 4) is 0 Å². The van der Waals surface area contributed by atoms with E-state index in [0.29, 0.717) is 16.0 Å². The molecule has 0 fully saturated rings. The van der Waals surface area contributed by atoms with Crippen molar-refractivity contribution in [2.45, 2.75) is 64.3 Å². The summed E-state index contributed by atoms with van der Waals surface area (Å²) in [5.74, 6) is 2.82. The summed E-state index contributed by atoms with van der Waals surface area (Å²) < 4.78 is 76.0. The van der Waals surface area contributed by atoms with E-state index in [-0.39, 0.29) is 17.7 Å². The maximum Gasteiger partial charge on any atom is 0.435 e. The largest absolute Gasteiger partial charge is 0.444 e. The van der Waals surface area contributed by atoms with E-state index < -0.39 is 45.6 Å². The number of nitrogens with zero attached hydrogens (tertiary/aromatic N) is 3. The quantitative estimate of drug-likeness (QED) is 0.297. The number of aromatic nitrogens is 2. The minimum Gasteiger partial charge on any atom is -0.444 e. The summed E-state index contributed by atoms with van der Waals surface area (Å²) in [4.78, 5) is 12.1. The number of benzene rings is 1. The number of nitrogens with one attached hydrogen (secondary N) is 1. The second kappa shape index (κ2) is 11.1. The van der Waals surface area contributed by atoms with Crippen LogP contribution in [0.5, 0.6) is 0 Å². The number of aryl methyl sites for hydroxylation is 1. The number of ether oxygens (including phenoxy) is 1. The van der Waals surface area contributed by atoms with Crippen LogP contribution < -0.4 is 5.32 Å². The van der Waals surface area contributed by atoms with Gasteiger partial charge in [-0.2, -0.15) is 18.3 Å². The minimum absolute atomic E-state index is 0.105. The number of carbonyl (C=O) groups is 1.